The van der Waals surface area contributed by atoms with E-state index in [4.69, 9.17) is 17.3 Å². The lowest BCUT2D eigenvalue weighted by Crippen LogP contribution is -2.29. The maximum Gasteiger partial charge on any atom is 0.215 e. The summed E-state index contributed by atoms with van der Waals surface area (Å²) in [6, 6.07) is 6.66. The molecule has 1 aliphatic rings. The number of nitrogens with two attached hydrogens (primary N) is 1. The number of anilines is 2. The largest absolute Gasteiger partial charge is 0.383 e. The number of nitrogen functional groups attached to an aromatic ring is 1. The topological polar surface area (TPSA) is 84.1 Å². The summed E-state index contributed by atoms with van der Waals surface area (Å²) < 4.78 is 0. The number of halogens is 1. The Balaban J connectivity index is 1.93. The molecule has 0 atom stereocenters. The van der Waals surface area contributed by atoms with Crippen molar-refractivity contribution in [2.24, 2.45) is 0 Å². The van der Waals surface area contributed by atoms with E-state index in [1.165, 1.54) is 0 Å². The zero-order valence-electron chi connectivity index (χ0n) is 12.6. The normalized spacial score (nSPS) is 15.3. The predicted molar refractivity (Wildman–Crippen MR) is 91.0 cm³/mol. The fraction of sp³-hybridized carbons (Fsp3) is 0.312. The van der Waals surface area contributed by atoms with Crippen molar-refractivity contribution in [1.82, 2.24) is 15.3 Å². The van der Waals surface area contributed by atoms with Crippen LogP contribution < -0.4 is 16.0 Å². The van der Waals surface area contributed by atoms with Crippen molar-refractivity contribution in [2.45, 2.75) is 6.42 Å². The van der Waals surface area contributed by atoms with E-state index >= 15 is 0 Å². The van der Waals surface area contributed by atoms with Crippen LogP contribution in [0.1, 0.15) is 22.5 Å². The highest BCUT2D eigenvalue weighted by atomic mass is 35.5. The Bertz CT molecular complexity index is 713. The van der Waals surface area contributed by atoms with Gasteiger partial charge in [-0.2, -0.15) is 0 Å². The van der Waals surface area contributed by atoms with E-state index in [1.54, 1.807) is 30.5 Å². The SMILES string of the molecule is Nc1ncccc1C(=O)c1ccc(Cl)c(N2CCCNCC2)n1. The van der Waals surface area contributed by atoms with Gasteiger partial charge < -0.3 is 16.0 Å². The summed E-state index contributed by atoms with van der Waals surface area (Å²) in [5.74, 6) is 0.597. The average Bonchev–Trinajstić information content (AvgIpc) is 2.84. The van der Waals surface area contributed by atoms with Crippen LogP contribution in [0, 0.1) is 0 Å². The Hall–Kier alpha value is -2.18. The molecule has 0 aliphatic carbocycles. The third-order valence-corrected chi connectivity index (χ3v) is 4.08. The molecule has 3 heterocycles. The molecular formula is C16H18ClN5O. The summed E-state index contributed by atoms with van der Waals surface area (Å²) in [5.41, 5.74) is 6.46. The summed E-state index contributed by atoms with van der Waals surface area (Å²) in [6.07, 6.45) is 2.56. The van der Waals surface area contributed by atoms with Crippen LogP contribution >= 0.6 is 11.6 Å². The summed E-state index contributed by atoms with van der Waals surface area (Å²) in [4.78, 5) is 23.2. The molecule has 0 bridgehead atoms. The first kappa shape index (κ1) is 15.7. The summed E-state index contributed by atoms with van der Waals surface area (Å²) in [7, 11) is 0. The minimum atomic E-state index is -0.249. The molecule has 1 fully saturated rings. The molecule has 120 valence electrons. The van der Waals surface area contributed by atoms with Gasteiger partial charge in [-0.25, -0.2) is 9.97 Å². The molecule has 23 heavy (non-hydrogen) atoms. The van der Waals surface area contributed by atoms with Crippen LogP contribution in [-0.2, 0) is 0 Å². The third-order valence-electron chi connectivity index (χ3n) is 3.78. The molecule has 2 aromatic heterocycles. The van der Waals surface area contributed by atoms with Crippen LogP contribution in [0.5, 0.6) is 0 Å². The van der Waals surface area contributed by atoms with Gasteiger partial charge in [-0.1, -0.05) is 11.6 Å². The molecule has 0 radical (unpaired) electrons. The molecule has 0 aromatic carbocycles. The van der Waals surface area contributed by atoms with Crippen molar-refractivity contribution in [3.05, 3.63) is 46.7 Å². The molecule has 0 spiro atoms. The number of hydrogen-bond acceptors (Lipinski definition) is 6. The highest BCUT2D eigenvalue weighted by Crippen LogP contribution is 2.25. The Labute approximate surface area is 139 Å². The van der Waals surface area contributed by atoms with E-state index in [9.17, 15) is 4.79 Å². The monoisotopic (exact) mass is 331 g/mol. The van der Waals surface area contributed by atoms with Gasteiger partial charge in [-0.15, -0.1) is 0 Å². The molecule has 2 aromatic rings. The number of pyridine rings is 2. The number of nitrogens with zero attached hydrogens (tertiary/aromatic N) is 3. The quantitative estimate of drug-likeness (QED) is 0.833. The maximum atomic E-state index is 12.6. The highest BCUT2D eigenvalue weighted by Gasteiger charge is 2.19. The van der Waals surface area contributed by atoms with E-state index < -0.39 is 0 Å². The van der Waals surface area contributed by atoms with Gasteiger partial charge in [0, 0.05) is 25.8 Å². The van der Waals surface area contributed by atoms with Crippen molar-refractivity contribution in [1.29, 1.82) is 0 Å². The van der Waals surface area contributed by atoms with Crippen molar-refractivity contribution in [3.63, 3.8) is 0 Å². The Morgan fingerprint density at radius 2 is 2.13 bits per heavy atom. The van der Waals surface area contributed by atoms with Gasteiger partial charge >= 0.3 is 0 Å². The molecule has 7 heteroatoms. The first-order valence-corrected chi connectivity index (χ1v) is 7.92. The van der Waals surface area contributed by atoms with Crippen LogP contribution in [0.4, 0.5) is 11.6 Å². The summed E-state index contributed by atoms with van der Waals surface area (Å²) >= 11 is 6.29. The van der Waals surface area contributed by atoms with Gasteiger partial charge in [0.05, 0.1) is 10.6 Å². The first-order chi connectivity index (χ1) is 11.2. The second-order valence-corrected chi connectivity index (χ2v) is 5.77. The third kappa shape index (κ3) is 3.43. The standard InChI is InChI=1S/C16H18ClN5O/c17-12-4-5-13(14(23)11-3-1-7-20-15(11)18)21-16(12)22-9-2-6-19-8-10-22/h1,3-5,7,19H,2,6,8-10H2,(H2,18,20). The van der Waals surface area contributed by atoms with E-state index in [1.807, 2.05) is 0 Å². The number of carbonyl (C=O) groups excluding carboxylic acids is 1. The van der Waals surface area contributed by atoms with Gasteiger partial charge in [0.15, 0.2) is 0 Å². The Morgan fingerprint density at radius 1 is 1.26 bits per heavy atom. The molecule has 0 saturated carbocycles. The van der Waals surface area contributed by atoms with Crippen LogP contribution in [-0.4, -0.2) is 41.9 Å². The summed E-state index contributed by atoms with van der Waals surface area (Å²) in [6.45, 7) is 3.50. The van der Waals surface area contributed by atoms with E-state index in [-0.39, 0.29) is 11.6 Å². The zero-order chi connectivity index (χ0) is 16.2. The van der Waals surface area contributed by atoms with Gasteiger partial charge in [-0.05, 0) is 37.2 Å². The van der Waals surface area contributed by atoms with Crippen molar-refractivity contribution in [2.75, 3.05) is 36.8 Å². The minimum absolute atomic E-state index is 0.203. The van der Waals surface area contributed by atoms with Crippen LogP contribution in [0.25, 0.3) is 0 Å². The molecule has 1 saturated heterocycles. The van der Waals surface area contributed by atoms with Crippen molar-refractivity contribution >= 4 is 29.0 Å². The van der Waals surface area contributed by atoms with E-state index in [0.29, 0.717) is 22.1 Å². The van der Waals surface area contributed by atoms with Gasteiger partial charge in [-0.3, -0.25) is 4.79 Å². The summed E-state index contributed by atoms with van der Waals surface area (Å²) in [5, 5.41) is 3.88. The molecule has 0 unspecified atom stereocenters. The van der Waals surface area contributed by atoms with Crippen LogP contribution in [0.2, 0.25) is 5.02 Å². The van der Waals surface area contributed by atoms with E-state index in [2.05, 4.69) is 20.2 Å². The lowest BCUT2D eigenvalue weighted by molar-refractivity contribution is 0.103. The molecule has 3 rings (SSSR count). The lowest BCUT2D eigenvalue weighted by Gasteiger charge is -2.22. The zero-order valence-corrected chi connectivity index (χ0v) is 13.4. The second kappa shape index (κ2) is 6.93. The van der Waals surface area contributed by atoms with Gasteiger partial charge in [0.1, 0.15) is 17.3 Å². The lowest BCUT2D eigenvalue weighted by atomic mass is 10.1. The van der Waals surface area contributed by atoms with Crippen LogP contribution in [0.15, 0.2) is 30.5 Å². The molecule has 3 N–H and O–H groups in total. The number of hydrogen-bond donors (Lipinski definition) is 2. The van der Waals surface area contributed by atoms with Gasteiger partial charge in [0.25, 0.3) is 0 Å². The maximum absolute atomic E-state index is 12.6. The number of nitrogens with one attached hydrogen (secondary N) is 1. The fourth-order valence-corrected chi connectivity index (χ4v) is 2.81. The van der Waals surface area contributed by atoms with Crippen molar-refractivity contribution < 1.29 is 4.79 Å². The smallest absolute Gasteiger partial charge is 0.215 e. The number of carbonyl (C=O) groups is 1. The number of ketones is 1. The molecule has 1 aliphatic heterocycles. The highest BCUT2D eigenvalue weighted by molar-refractivity contribution is 6.33. The van der Waals surface area contributed by atoms with Crippen LogP contribution in [0.3, 0.4) is 0 Å². The minimum Gasteiger partial charge on any atom is -0.383 e. The van der Waals surface area contributed by atoms with E-state index in [0.717, 1.165) is 32.6 Å². The Morgan fingerprint density at radius 3 is 2.96 bits per heavy atom. The molecule has 6 nitrogen and oxygen atoms in total. The Kier molecular flexibility index (Phi) is 4.73. The predicted octanol–water partition coefficient (Wildman–Crippen LogP) is 1.74. The second-order valence-electron chi connectivity index (χ2n) is 5.36. The average molecular weight is 332 g/mol. The molecular weight excluding hydrogens is 314 g/mol. The number of aromatic nitrogens is 2. The fourth-order valence-electron chi connectivity index (χ4n) is 2.58. The van der Waals surface area contributed by atoms with Crippen molar-refractivity contribution in [3.8, 4) is 0 Å². The first-order valence-electron chi connectivity index (χ1n) is 7.54. The number of rotatable bonds is 3. The van der Waals surface area contributed by atoms with Gasteiger partial charge in [0.2, 0.25) is 5.78 Å². The molecule has 0 amide bonds.